The van der Waals surface area contributed by atoms with E-state index >= 15 is 0 Å². The van der Waals surface area contributed by atoms with Crippen LogP contribution >= 0.6 is 0 Å². The highest BCUT2D eigenvalue weighted by atomic mass is 16.2. The molecule has 2 amide bonds. The highest BCUT2D eigenvalue weighted by molar-refractivity contribution is 5.80. The van der Waals surface area contributed by atoms with E-state index in [4.69, 9.17) is 0 Å². The Morgan fingerprint density at radius 3 is 2.79 bits per heavy atom. The number of rotatable bonds is 6. The van der Waals surface area contributed by atoms with Crippen LogP contribution in [-0.4, -0.2) is 67.5 Å². The van der Waals surface area contributed by atoms with Crippen molar-refractivity contribution < 1.29 is 9.59 Å². The molecule has 2 heterocycles. The minimum Gasteiger partial charge on any atom is -0.340 e. The molecule has 1 saturated heterocycles. The molecule has 0 bridgehead atoms. The smallest absolute Gasteiger partial charge is 0.224 e. The van der Waals surface area contributed by atoms with Crippen LogP contribution in [0, 0.1) is 11.8 Å². The van der Waals surface area contributed by atoms with Gasteiger partial charge in [-0.3, -0.25) is 9.59 Å². The highest BCUT2D eigenvalue weighted by Crippen LogP contribution is 2.32. The molecule has 132 valence electrons. The van der Waals surface area contributed by atoms with Gasteiger partial charge in [0.15, 0.2) is 0 Å². The van der Waals surface area contributed by atoms with Gasteiger partial charge in [0.1, 0.15) is 6.33 Å². The molecular weight excluding hydrogens is 308 g/mol. The van der Waals surface area contributed by atoms with Gasteiger partial charge < -0.3 is 9.80 Å². The summed E-state index contributed by atoms with van der Waals surface area (Å²) < 4.78 is 1.56. The van der Waals surface area contributed by atoms with Crippen molar-refractivity contribution in [2.24, 2.45) is 11.8 Å². The lowest BCUT2D eigenvalue weighted by atomic mass is 10.0. The van der Waals surface area contributed by atoms with Crippen LogP contribution in [0.2, 0.25) is 0 Å². The summed E-state index contributed by atoms with van der Waals surface area (Å²) in [5.74, 6) is 1.26. The van der Waals surface area contributed by atoms with E-state index in [1.54, 1.807) is 4.68 Å². The first-order chi connectivity index (χ1) is 11.5. The molecular formula is C16H26N6O2. The van der Waals surface area contributed by atoms with Gasteiger partial charge in [-0.15, -0.1) is 5.10 Å². The van der Waals surface area contributed by atoms with Crippen LogP contribution in [0.15, 0.2) is 6.33 Å². The van der Waals surface area contributed by atoms with Crippen molar-refractivity contribution in [3.8, 4) is 0 Å². The third kappa shape index (κ3) is 4.10. The molecule has 8 nitrogen and oxygen atoms in total. The number of nitrogens with zero attached hydrogens (tertiary/aromatic N) is 6. The van der Waals surface area contributed by atoms with Gasteiger partial charge in [-0.1, -0.05) is 13.8 Å². The van der Waals surface area contributed by atoms with Crippen molar-refractivity contribution in [2.75, 3.05) is 19.6 Å². The topological polar surface area (TPSA) is 84.2 Å². The number of carbonyl (C=O) groups is 2. The lowest BCUT2D eigenvalue weighted by Crippen LogP contribution is -2.48. The Balaban J connectivity index is 1.63. The molecule has 1 aliphatic carbocycles. The fraction of sp³-hybridized carbons (Fsp3) is 0.812. The Morgan fingerprint density at radius 2 is 2.17 bits per heavy atom. The maximum Gasteiger partial charge on any atom is 0.224 e. The quantitative estimate of drug-likeness (QED) is 0.759. The molecule has 2 aliphatic rings. The third-order valence-electron chi connectivity index (χ3n) is 4.94. The third-order valence-corrected chi connectivity index (χ3v) is 4.94. The number of carbonyl (C=O) groups excluding carboxylic acids is 2. The summed E-state index contributed by atoms with van der Waals surface area (Å²) in [6.45, 7) is 6.73. The van der Waals surface area contributed by atoms with Crippen LogP contribution in [0.1, 0.15) is 39.5 Å². The SMILES string of the molecule is CC(C)[C@H]1CN(C(=O)CCn2cnnn2)CCC(=O)N1CC1CC1. The standard InChI is InChI=1S/C16H26N6O2/c1-12(2)14-10-20(15(23)6-8-21-11-17-18-19-21)7-5-16(24)22(14)9-13-3-4-13/h11-14H,3-10H2,1-2H3/t14-/m1/s1. The van der Waals surface area contributed by atoms with Gasteiger partial charge in [-0.05, 0) is 35.1 Å². The first-order valence-electron chi connectivity index (χ1n) is 8.82. The minimum atomic E-state index is 0.0669. The van der Waals surface area contributed by atoms with Crippen molar-refractivity contribution in [1.29, 1.82) is 0 Å². The Labute approximate surface area is 142 Å². The zero-order chi connectivity index (χ0) is 17.1. The van der Waals surface area contributed by atoms with Gasteiger partial charge >= 0.3 is 0 Å². The number of hydrogen-bond acceptors (Lipinski definition) is 5. The maximum atomic E-state index is 12.6. The summed E-state index contributed by atoms with van der Waals surface area (Å²) in [6.07, 6.45) is 4.74. The number of hydrogen-bond donors (Lipinski definition) is 0. The molecule has 1 atom stereocenters. The lowest BCUT2D eigenvalue weighted by molar-refractivity contribution is -0.134. The number of aryl methyl sites for hydroxylation is 1. The molecule has 0 aromatic carbocycles. The second-order valence-electron chi connectivity index (χ2n) is 7.21. The molecule has 24 heavy (non-hydrogen) atoms. The maximum absolute atomic E-state index is 12.6. The van der Waals surface area contributed by atoms with Crippen LogP contribution in [0.25, 0.3) is 0 Å². The highest BCUT2D eigenvalue weighted by Gasteiger charge is 2.36. The van der Waals surface area contributed by atoms with Crippen molar-refractivity contribution in [1.82, 2.24) is 30.0 Å². The molecule has 0 unspecified atom stereocenters. The van der Waals surface area contributed by atoms with Gasteiger partial charge in [0.25, 0.3) is 0 Å². The molecule has 0 spiro atoms. The van der Waals surface area contributed by atoms with E-state index in [0.29, 0.717) is 44.3 Å². The van der Waals surface area contributed by atoms with Crippen LogP contribution in [0.3, 0.4) is 0 Å². The van der Waals surface area contributed by atoms with E-state index in [1.807, 2.05) is 9.80 Å². The van der Waals surface area contributed by atoms with Gasteiger partial charge in [0.2, 0.25) is 11.8 Å². The first kappa shape index (κ1) is 16.9. The number of amides is 2. The van der Waals surface area contributed by atoms with Gasteiger partial charge in [-0.25, -0.2) is 4.68 Å². The van der Waals surface area contributed by atoms with Crippen molar-refractivity contribution in [3.63, 3.8) is 0 Å². The second-order valence-corrected chi connectivity index (χ2v) is 7.21. The molecule has 1 aromatic rings. The Bertz CT molecular complexity index is 569. The molecule has 1 saturated carbocycles. The van der Waals surface area contributed by atoms with Crippen molar-refractivity contribution in [2.45, 2.75) is 52.1 Å². The Kier molecular flexibility index (Phi) is 5.11. The lowest BCUT2D eigenvalue weighted by Gasteiger charge is -2.34. The summed E-state index contributed by atoms with van der Waals surface area (Å²) >= 11 is 0. The van der Waals surface area contributed by atoms with Gasteiger partial charge in [0.05, 0.1) is 12.6 Å². The average molecular weight is 334 g/mol. The summed E-state index contributed by atoms with van der Waals surface area (Å²) in [7, 11) is 0. The van der Waals surface area contributed by atoms with Gasteiger partial charge in [-0.2, -0.15) is 0 Å². The largest absolute Gasteiger partial charge is 0.340 e. The molecule has 3 rings (SSSR count). The minimum absolute atomic E-state index is 0.0669. The van der Waals surface area contributed by atoms with E-state index in [0.717, 1.165) is 6.54 Å². The van der Waals surface area contributed by atoms with Crippen LogP contribution in [-0.2, 0) is 16.1 Å². The summed E-state index contributed by atoms with van der Waals surface area (Å²) in [5.41, 5.74) is 0. The van der Waals surface area contributed by atoms with E-state index in [9.17, 15) is 9.59 Å². The van der Waals surface area contributed by atoms with Crippen molar-refractivity contribution in [3.05, 3.63) is 6.33 Å². The zero-order valence-corrected chi connectivity index (χ0v) is 14.5. The van der Waals surface area contributed by atoms with Crippen LogP contribution in [0.4, 0.5) is 0 Å². The fourth-order valence-corrected chi connectivity index (χ4v) is 3.24. The van der Waals surface area contributed by atoms with Gasteiger partial charge in [0, 0.05) is 32.5 Å². The molecule has 2 fully saturated rings. The average Bonchev–Trinajstić information content (AvgIpc) is 3.26. The molecule has 1 aromatic heterocycles. The summed E-state index contributed by atoms with van der Waals surface area (Å²) in [6, 6.07) is 0.109. The van der Waals surface area contributed by atoms with Crippen LogP contribution < -0.4 is 0 Å². The predicted octanol–water partition coefficient (Wildman–Crippen LogP) is 0.559. The van der Waals surface area contributed by atoms with E-state index < -0.39 is 0 Å². The summed E-state index contributed by atoms with van der Waals surface area (Å²) in [4.78, 5) is 29.0. The normalized spacial score (nSPS) is 22.1. The van der Waals surface area contributed by atoms with E-state index in [1.165, 1.54) is 19.2 Å². The molecule has 0 N–H and O–H groups in total. The Morgan fingerprint density at radius 1 is 1.38 bits per heavy atom. The summed E-state index contributed by atoms with van der Waals surface area (Å²) in [5, 5.41) is 10.9. The fourth-order valence-electron chi connectivity index (χ4n) is 3.24. The molecule has 0 radical (unpaired) electrons. The Hall–Kier alpha value is -1.99. The molecule has 1 aliphatic heterocycles. The predicted molar refractivity (Wildman–Crippen MR) is 86.7 cm³/mol. The van der Waals surface area contributed by atoms with E-state index in [2.05, 4.69) is 29.4 Å². The monoisotopic (exact) mass is 334 g/mol. The molecule has 8 heteroatoms. The number of aromatic nitrogens is 4. The van der Waals surface area contributed by atoms with Crippen LogP contribution in [0.5, 0.6) is 0 Å². The first-order valence-corrected chi connectivity index (χ1v) is 8.82. The van der Waals surface area contributed by atoms with E-state index in [-0.39, 0.29) is 17.9 Å². The zero-order valence-electron chi connectivity index (χ0n) is 14.5. The second kappa shape index (κ2) is 7.27. The number of tetrazole rings is 1. The van der Waals surface area contributed by atoms with Crippen molar-refractivity contribution >= 4 is 11.8 Å².